The fourth-order valence-corrected chi connectivity index (χ4v) is 6.41. The van der Waals surface area contributed by atoms with Gasteiger partial charge in [-0.05, 0) is 50.5 Å². The van der Waals surface area contributed by atoms with E-state index in [9.17, 15) is 32.1 Å². The summed E-state index contributed by atoms with van der Waals surface area (Å²) in [7, 11) is -3.41. The molecule has 3 rings (SSSR count). The zero-order valence-corrected chi connectivity index (χ0v) is 23.1. The molecule has 2 amide bonds. The number of benzene rings is 2. The van der Waals surface area contributed by atoms with Crippen molar-refractivity contribution in [3.63, 3.8) is 0 Å². The Morgan fingerprint density at radius 2 is 1.79 bits per heavy atom. The number of carbonyl (C=O) groups is 2. The van der Waals surface area contributed by atoms with E-state index in [1.165, 1.54) is 18.2 Å². The summed E-state index contributed by atoms with van der Waals surface area (Å²) in [5.41, 5.74) is -3.58. The molecule has 208 valence electrons. The maximum atomic E-state index is 14.1. The highest BCUT2D eigenvalue weighted by Crippen LogP contribution is 2.43. The number of alkyl carbamates (subject to hydrolysis) is 1. The van der Waals surface area contributed by atoms with E-state index < -0.39 is 62.9 Å². The van der Waals surface area contributed by atoms with Gasteiger partial charge in [0, 0.05) is 33.5 Å². The third-order valence-electron chi connectivity index (χ3n) is 5.83. The summed E-state index contributed by atoms with van der Waals surface area (Å²) in [6.45, 7) is 4.90. The molecule has 7 nitrogen and oxygen atoms in total. The van der Waals surface area contributed by atoms with E-state index in [2.05, 4.69) is 9.68 Å². The molecule has 0 spiro atoms. The average molecular weight is 595 g/mol. The minimum Gasteiger partial charge on any atom is -0.444 e. The number of aliphatic hydroxyl groups is 1. The Morgan fingerprint density at radius 1 is 1.16 bits per heavy atom. The number of alkyl halides is 3. The van der Waals surface area contributed by atoms with Crippen LogP contribution in [0.2, 0.25) is 10.0 Å². The van der Waals surface area contributed by atoms with Crippen molar-refractivity contribution in [3.8, 4) is 11.1 Å². The van der Waals surface area contributed by atoms with Crippen LogP contribution in [0.1, 0.15) is 39.2 Å². The van der Waals surface area contributed by atoms with Crippen molar-refractivity contribution in [3.05, 3.63) is 58.1 Å². The van der Waals surface area contributed by atoms with Crippen LogP contribution in [0.25, 0.3) is 11.1 Å². The molecule has 3 atom stereocenters. The molecule has 0 unspecified atom stereocenters. The Hall–Kier alpha value is -2.34. The highest BCUT2D eigenvalue weighted by atomic mass is 35.5. The van der Waals surface area contributed by atoms with Gasteiger partial charge in [0.15, 0.2) is 5.60 Å². The van der Waals surface area contributed by atoms with Gasteiger partial charge in [0.25, 0.3) is 5.91 Å². The summed E-state index contributed by atoms with van der Waals surface area (Å²) in [6.07, 6.45) is -7.06. The van der Waals surface area contributed by atoms with E-state index in [-0.39, 0.29) is 12.2 Å². The van der Waals surface area contributed by atoms with Gasteiger partial charge in [-0.15, -0.1) is 0 Å². The smallest absolute Gasteiger partial charge is 0.421 e. The number of nitrogens with one attached hydrogen (secondary N) is 1. The molecule has 0 aromatic heterocycles. The van der Waals surface area contributed by atoms with Gasteiger partial charge >= 0.3 is 12.3 Å². The van der Waals surface area contributed by atoms with Crippen LogP contribution in [0, 0.1) is 0 Å². The number of hydrogen-bond acceptors (Lipinski definition) is 5. The van der Waals surface area contributed by atoms with Crippen molar-refractivity contribution >= 4 is 44.9 Å². The van der Waals surface area contributed by atoms with Crippen LogP contribution in [-0.4, -0.2) is 50.6 Å². The van der Waals surface area contributed by atoms with Crippen LogP contribution in [-0.2, 0) is 24.9 Å². The summed E-state index contributed by atoms with van der Waals surface area (Å²) in [6, 6.07) is 8.58. The van der Waals surface area contributed by atoms with E-state index >= 15 is 0 Å². The summed E-state index contributed by atoms with van der Waals surface area (Å²) in [5.74, 6) is -1.84. The van der Waals surface area contributed by atoms with Crippen molar-refractivity contribution in [2.75, 3.05) is 11.5 Å². The molecule has 1 aliphatic rings. The van der Waals surface area contributed by atoms with Crippen LogP contribution in [0.5, 0.6) is 0 Å². The van der Waals surface area contributed by atoms with Crippen molar-refractivity contribution in [2.24, 2.45) is 4.36 Å². The van der Waals surface area contributed by atoms with Crippen LogP contribution in [0.4, 0.5) is 18.0 Å². The Bertz CT molecular complexity index is 1340. The molecule has 13 heteroatoms. The zero-order valence-electron chi connectivity index (χ0n) is 20.8. The van der Waals surface area contributed by atoms with Gasteiger partial charge in [-0.1, -0.05) is 53.5 Å². The Balaban J connectivity index is 1.79. The minimum absolute atomic E-state index is 0.0958. The fourth-order valence-electron chi connectivity index (χ4n) is 3.84. The molecule has 0 fully saturated rings. The van der Waals surface area contributed by atoms with E-state index in [1.54, 1.807) is 32.9 Å². The number of amides is 2. The van der Waals surface area contributed by atoms with Crippen LogP contribution in [0.3, 0.4) is 0 Å². The number of ether oxygens (including phenoxy) is 1. The van der Waals surface area contributed by atoms with Crippen LogP contribution < -0.4 is 5.32 Å². The van der Waals surface area contributed by atoms with Gasteiger partial charge in [0.2, 0.25) is 0 Å². The highest BCUT2D eigenvalue weighted by molar-refractivity contribution is 7.93. The molecule has 0 radical (unpaired) electrons. The second kappa shape index (κ2) is 11.0. The van der Waals surface area contributed by atoms with Gasteiger partial charge in [-0.3, -0.25) is 4.79 Å². The Kier molecular flexibility index (Phi) is 8.77. The summed E-state index contributed by atoms with van der Waals surface area (Å²) < 4.78 is 64.1. The van der Waals surface area contributed by atoms with E-state index in [0.717, 1.165) is 12.1 Å². The van der Waals surface area contributed by atoms with Gasteiger partial charge in [0.05, 0.1) is 9.73 Å². The Morgan fingerprint density at radius 3 is 2.32 bits per heavy atom. The zero-order chi connectivity index (χ0) is 28.5. The minimum atomic E-state index is -5.11. The predicted molar refractivity (Wildman–Crippen MR) is 140 cm³/mol. The van der Waals surface area contributed by atoms with E-state index in [0.29, 0.717) is 21.2 Å². The molecular weight excluding hydrogens is 568 g/mol. The normalized spacial score (nSPS) is 21.8. The van der Waals surface area contributed by atoms with E-state index in [4.69, 9.17) is 27.9 Å². The number of halogens is 5. The van der Waals surface area contributed by atoms with Crippen LogP contribution in [0.15, 0.2) is 46.8 Å². The number of carbonyl (C=O) groups excluding carboxylic acids is 2. The lowest BCUT2D eigenvalue weighted by atomic mass is 9.89. The molecule has 38 heavy (non-hydrogen) atoms. The van der Waals surface area contributed by atoms with Gasteiger partial charge in [0.1, 0.15) is 11.6 Å². The first-order valence-corrected chi connectivity index (χ1v) is 14.1. The average Bonchev–Trinajstić information content (AvgIpc) is 2.78. The second-order valence-corrected chi connectivity index (χ2v) is 13.3. The lowest BCUT2D eigenvalue weighted by Crippen LogP contribution is -2.47. The van der Waals surface area contributed by atoms with Crippen molar-refractivity contribution in [1.29, 1.82) is 0 Å². The Labute approximate surface area is 228 Å². The van der Waals surface area contributed by atoms with Gasteiger partial charge in [-0.2, -0.15) is 17.5 Å². The topological polar surface area (TPSA) is 105 Å². The molecule has 1 aliphatic heterocycles. The van der Waals surface area contributed by atoms with E-state index in [1.807, 2.05) is 0 Å². The SMILES string of the molecule is CC(C)(C)OC(=O)N[C@H]1CC[S@@](=O)(CC[C@@](O)(c2ccc(-c3ccc(Cl)cc3Cl)cc2)C(F)(F)F)=NC1=O. The first kappa shape index (κ1) is 30.2. The summed E-state index contributed by atoms with van der Waals surface area (Å²) in [5, 5.41) is 13.8. The second-order valence-electron chi connectivity index (χ2n) is 9.91. The number of hydrogen-bond donors (Lipinski definition) is 2. The van der Waals surface area contributed by atoms with Gasteiger partial charge < -0.3 is 15.2 Å². The molecule has 0 bridgehead atoms. The quantitative estimate of drug-likeness (QED) is 0.421. The standard InChI is InChI=1S/C25H27Cl2F3N2O5S/c1-23(2,3)37-22(34)31-20-10-12-38(36,32-21(20)33)13-11-24(35,25(28,29)30)16-6-4-15(5-7-16)18-9-8-17(26)14-19(18)27/h4-9,14,20,35H,10-13H2,1-3H3,(H,31,34)/t20-,24+,38+/m0/s1. The third kappa shape index (κ3) is 7.19. The molecule has 0 saturated heterocycles. The summed E-state index contributed by atoms with van der Waals surface area (Å²) >= 11 is 12.1. The number of rotatable bonds is 6. The molecule has 1 heterocycles. The predicted octanol–water partition coefficient (Wildman–Crippen LogP) is 6.09. The largest absolute Gasteiger partial charge is 0.444 e. The molecule has 2 aromatic rings. The first-order valence-electron chi connectivity index (χ1n) is 11.5. The monoisotopic (exact) mass is 594 g/mol. The van der Waals surface area contributed by atoms with Crippen molar-refractivity contribution in [1.82, 2.24) is 5.32 Å². The molecule has 2 N–H and O–H groups in total. The third-order valence-corrected chi connectivity index (χ3v) is 8.60. The molecule has 2 aromatic carbocycles. The first-order chi connectivity index (χ1) is 17.4. The fraction of sp³-hybridized carbons (Fsp3) is 0.440. The molecule has 0 aliphatic carbocycles. The lowest BCUT2D eigenvalue weighted by Gasteiger charge is -2.32. The lowest BCUT2D eigenvalue weighted by molar-refractivity contribution is -0.267. The molecular formula is C25H27Cl2F3N2O5S. The maximum Gasteiger partial charge on any atom is 0.421 e. The maximum absolute atomic E-state index is 14.1. The van der Waals surface area contributed by atoms with Crippen LogP contribution >= 0.6 is 23.2 Å². The van der Waals surface area contributed by atoms with Crippen molar-refractivity contribution in [2.45, 2.75) is 57.0 Å². The molecule has 0 saturated carbocycles. The number of nitrogens with zero attached hydrogens (tertiary/aromatic N) is 1. The van der Waals surface area contributed by atoms with Crippen molar-refractivity contribution < 1.29 is 36.8 Å². The summed E-state index contributed by atoms with van der Waals surface area (Å²) in [4.78, 5) is 24.3. The van der Waals surface area contributed by atoms with Gasteiger partial charge in [-0.25, -0.2) is 9.00 Å². The highest BCUT2D eigenvalue weighted by Gasteiger charge is 2.55.